The van der Waals surface area contributed by atoms with Gasteiger partial charge in [0.2, 0.25) is 11.9 Å². The number of nitrogens with zero attached hydrogens (tertiary/aromatic N) is 7. The monoisotopic (exact) mass is 676 g/mol. The van der Waals surface area contributed by atoms with Crippen molar-refractivity contribution in [3.8, 4) is 0 Å². The van der Waals surface area contributed by atoms with Gasteiger partial charge in [-0.15, -0.1) is 0 Å². The van der Waals surface area contributed by atoms with Gasteiger partial charge >= 0.3 is 5.97 Å². The molecule has 4 N–H and O–H groups in total. The van der Waals surface area contributed by atoms with Crippen LogP contribution in [-0.2, 0) is 14.5 Å². The summed E-state index contributed by atoms with van der Waals surface area (Å²) in [5.74, 6) is -0.625. The number of likely N-dealkylation sites (tertiary alicyclic amines) is 1. The summed E-state index contributed by atoms with van der Waals surface area (Å²) in [5, 5.41) is 17.4. The molecule has 1 amide bonds. The van der Waals surface area contributed by atoms with E-state index in [0.717, 1.165) is 11.8 Å². The van der Waals surface area contributed by atoms with Crippen LogP contribution in [0.2, 0.25) is 10.0 Å². The van der Waals surface area contributed by atoms with Crippen LogP contribution in [0.3, 0.4) is 0 Å². The summed E-state index contributed by atoms with van der Waals surface area (Å²) in [6.07, 6.45) is 3.23. The van der Waals surface area contributed by atoms with Crippen molar-refractivity contribution in [3.05, 3.63) is 62.3 Å². The molecule has 2 aliphatic heterocycles. The van der Waals surface area contributed by atoms with Gasteiger partial charge in [-0.2, -0.15) is 0 Å². The van der Waals surface area contributed by atoms with Gasteiger partial charge in [0.05, 0.1) is 39.3 Å². The van der Waals surface area contributed by atoms with Gasteiger partial charge in [0.25, 0.3) is 5.91 Å². The number of aromatic nitrogens is 5. The molecule has 0 radical (unpaired) electrons. The molecule has 2 aliphatic rings. The largest absolute Gasteiger partial charge is 0.477 e. The van der Waals surface area contributed by atoms with Crippen molar-refractivity contribution < 1.29 is 19.4 Å². The molecule has 3 atom stereocenters. The number of hydrogen-bond acceptors (Lipinski definition) is 12. The minimum atomic E-state index is -1.18. The lowest BCUT2D eigenvalue weighted by atomic mass is 10.00. The number of aromatic amines is 1. The van der Waals surface area contributed by atoms with E-state index in [9.17, 15) is 14.7 Å². The number of H-pyrrole nitrogens is 1. The maximum atomic E-state index is 13.2. The molecule has 240 valence electrons. The normalized spacial score (nSPS) is 21.9. The van der Waals surface area contributed by atoms with Gasteiger partial charge in [-0.1, -0.05) is 35.0 Å². The Labute approximate surface area is 274 Å². The summed E-state index contributed by atoms with van der Waals surface area (Å²) in [7, 11) is 8.85. The van der Waals surface area contributed by atoms with Gasteiger partial charge < -0.3 is 35.3 Å². The van der Waals surface area contributed by atoms with Crippen LogP contribution in [0.25, 0.3) is 5.70 Å². The van der Waals surface area contributed by atoms with Crippen molar-refractivity contribution >= 4 is 64.4 Å². The molecule has 0 saturated carbocycles. The third kappa shape index (κ3) is 6.27. The second-order valence-corrected chi connectivity index (χ2v) is 13.0. The predicted octanol–water partition coefficient (Wildman–Crippen LogP) is 2.76. The third-order valence-electron chi connectivity index (χ3n) is 7.56. The molecule has 5 rings (SSSR count). The Morgan fingerprint density at radius 3 is 2.38 bits per heavy atom. The Morgan fingerprint density at radius 2 is 1.78 bits per heavy atom. The van der Waals surface area contributed by atoms with Crippen LogP contribution in [0.1, 0.15) is 34.0 Å². The smallest absolute Gasteiger partial charge is 0.344 e. The van der Waals surface area contributed by atoms with Gasteiger partial charge in [0.1, 0.15) is 10.6 Å². The predicted molar refractivity (Wildman–Crippen MR) is 173 cm³/mol. The van der Waals surface area contributed by atoms with Crippen molar-refractivity contribution in [2.45, 2.75) is 30.5 Å². The lowest BCUT2D eigenvalue weighted by molar-refractivity contribution is -0.131. The van der Waals surface area contributed by atoms with E-state index in [1.807, 2.05) is 28.2 Å². The number of piperidine rings is 1. The number of amides is 1. The highest BCUT2D eigenvalue weighted by molar-refractivity contribution is 8.05. The zero-order chi connectivity index (χ0) is 32.6. The molecular weight excluding hydrogens is 643 g/mol. The van der Waals surface area contributed by atoms with Crippen molar-refractivity contribution in [1.29, 1.82) is 0 Å². The molecule has 3 aromatic heterocycles. The highest BCUT2D eigenvalue weighted by Gasteiger charge is 2.52. The zero-order valence-corrected chi connectivity index (χ0v) is 27.9. The molecular formula is C28H34Cl2N10O4S. The van der Waals surface area contributed by atoms with E-state index in [1.54, 1.807) is 48.4 Å². The number of carbonyl (C=O) groups is 2. The third-order valence-corrected chi connectivity index (χ3v) is 9.95. The standard InChI is InChI=1S/C28H34Cl2N10O4S/c1-14-19(29)20(30)22(33-14)24(41)34-15-9-12-40(13-17(15)44-6)28(18-8-11-32-27(36-18)39(4)5)37-21(23(45-28)25(42)43)16-7-10-31-26(35-16)38(2)3/h7-8,10-11,15,17,33,37H,9,12-13H2,1-6H3,(H,34,41)(H,42,43)/t15-,17+,28?/m1/s1. The van der Waals surface area contributed by atoms with E-state index in [4.69, 9.17) is 32.9 Å². The summed E-state index contributed by atoms with van der Waals surface area (Å²) < 4.78 is 5.90. The topological polar surface area (TPSA) is 165 Å². The molecule has 3 aromatic rings. The fraction of sp³-hybridized carbons (Fsp3) is 0.429. The molecule has 0 aromatic carbocycles. The molecule has 1 unspecified atom stereocenters. The summed E-state index contributed by atoms with van der Waals surface area (Å²) in [5.41, 5.74) is 2.07. The highest BCUT2D eigenvalue weighted by Crippen LogP contribution is 2.50. The second-order valence-electron chi connectivity index (χ2n) is 11.0. The highest BCUT2D eigenvalue weighted by atomic mass is 35.5. The van der Waals surface area contributed by atoms with Gasteiger partial charge in [-0.3, -0.25) is 9.69 Å². The van der Waals surface area contributed by atoms with Crippen molar-refractivity contribution in [1.82, 2.24) is 40.5 Å². The number of ether oxygens (including phenoxy) is 1. The number of anilines is 2. The summed E-state index contributed by atoms with van der Waals surface area (Å²) >= 11 is 13.6. The quantitative estimate of drug-likeness (QED) is 0.262. The first-order valence-electron chi connectivity index (χ1n) is 13.9. The minimum Gasteiger partial charge on any atom is -0.477 e. The Morgan fingerprint density at radius 1 is 1.11 bits per heavy atom. The average Bonchev–Trinajstić information content (AvgIpc) is 3.56. The number of nitrogens with one attached hydrogen (secondary N) is 3. The number of rotatable bonds is 9. The average molecular weight is 678 g/mol. The van der Waals surface area contributed by atoms with Gasteiger partial charge in [-0.25, -0.2) is 24.7 Å². The lowest BCUT2D eigenvalue weighted by Gasteiger charge is -2.46. The van der Waals surface area contributed by atoms with Crippen LogP contribution < -0.4 is 20.4 Å². The summed E-state index contributed by atoms with van der Waals surface area (Å²) in [6, 6.07) is 3.05. The number of halogens is 2. The first-order valence-corrected chi connectivity index (χ1v) is 15.5. The molecule has 5 heterocycles. The van der Waals surface area contributed by atoms with Crippen molar-refractivity contribution in [2.75, 3.05) is 58.2 Å². The Bertz CT molecular complexity index is 1650. The van der Waals surface area contributed by atoms with E-state index in [-0.39, 0.29) is 21.7 Å². The second kappa shape index (κ2) is 13.0. The maximum Gasteiger partial charge on any atom is 0.344 e. The number of aryl methyl sites for hydroxylation is 1. The van der Waals surface area contributed by atoms with E-state index < -0.39 is 23.0 Å². The number of carboxylic acids is 1. The summed E-state index contributed by atoms with van der Waals surface area (Å²) in [6.45, 7) is 2.49. The van der Waals surface area contributed by atoms with E-state index in [0.29, 0.717) is 59.2 Å². The number of carbonyl (C=O) groups excluding carboxylic acids is 1. The Balaban J connectivity index is 1.51. The SMILES string of the molecule is CO[C@H]1CN(C2(c3ccnc(N(C)C)n3)NC(c3ccnc(N(C)C)n3)=C(C(=O)O)S2)CC[C@H]1NC(=O)c1[nH]c(C)c(Cl)c1Cl. The van der Waals surface area contributed by atoms with Gasteiger partial charge in [0, 0.05) is 66.5 Å². The molecule has 14 nitrogen and oxygen atoms in total. The number of carboxylic acid groups (broad SMARTS) is 1. The van der Waals surface area contributed by atoms with Crippen LogP contribution in [-0.4, -0.2) is 107 Å². The fourth-order valence-electron chi connectivity index (χ4n) is 5.23. The first-order chi connectivity index (χ1) is 21.4. The van der Waals surface area contributed by atoms with Gasteiger partial charge in [0.15, 0.2) is 4.99 Å². The fourth-order valence-corrected chi connectivity index (χ4v) is 6.96. The maximum absolute atomic E-state index is 13.2. The van der Waals surface area contributed by atoms with Crippen molar-refractivity contribution in [2.24, 2.45) is 0 Å². The zero-order valence-electron chi connectivity index (χ0n) is 25.6. The molecule has 45 heavy (non-hydrogen) atoms. The summed E-state index contributed by atoms with van der Waals surface area (Å²) in [4.78, 5) is 51.5. The van der Waals surface area contributed by atoms with Crippen LogP contribution in [0, 0.1) is 6.92 Å². The molecule has 0 spiro atoms. The van der Waals surface area contributed by atoms with Crippen molar-refractivity contribution in [3.63, 3.8) is 0 Å². The number of thioether (sulfide) groups is 1. The van der Waals surface area contributed by atoms with Crippen LogP contribution in [0.4, 0.5) is 11.9 Å². The Kier molecular flexibility index (Phi) is 9.46. The minimum absolute atomic E-state index is 0.0708. The van der Waals surface area contributed by atoms with E-state index in [1.165, 1.54) is 0 Å². The Hall–Kier alpha value is -3.63. The number of hydrogen-bond donors (Lipinski definition) is 4. The first kappa shape index (κ1) is 32.8. The number of aliphatic carboxylic acids is 1. The molecule has 17 heteroatoms. The van der Waals surface area contributed by atoms with Crippen LogP contribution in [0.5, 0.6) is 0 Å². The van der Waals surface area contributed by atoms with Crippen LogP contribution in [0.15, 0.2) is 29.4 Å². The number of methoxy groups -OCH3 is 1. The molecule has 1 saturated heterocycles. The molecule has 0 aliphatic carbocycles. The van der Waals surface area contributed by atoms with Crippen LogP contribution >= 0.6 is 35.0 Å². The molecule has 0 bridgehead atoms. The van der Waals surface area contributed by atoms with E-state index in [2.05, 4.69) is 35.5 Å². The lowest BCUT2D eigenvalue weighted by Crippen LogP contribution is -2.62. The molecule has 1 fully saturated rings. The van der Waals surface area contributed by atoms with Gasteiger partial charge in [-0.05, 0) is 25.5 Å². The van der Waals surface area contributed by atoms with E-state index >= 15 is 0 Å².